The Labute approximate surface area is 313 Å². The highest BCUT2D eigenvalue weighted by Crippen LogP contribution is 2.33. The minimum Gasteiger partial charge on any atom is -0.497 e. The maximum absolute atomic E-state index is 9.03. The van der Waals surface area contributed by atoms with Crippen molar-refractivity contribution in [1.29, 1.82) is 15.8 Å². The average molecular weight is 711 g/mol. The lowest BCUT2D eigenvalue weighted by Crippen LogP contribution is -2.21. The summed E-state index contributed by atoms with van der Waals surface area (Å²) in [5.41, 5.74) is 9.88. The topological polar surface area (TPSA) is 150 Å². The monoisotopic (exact) mass is 710 g/mol. The van der Waals surface area contributed by atoms with Crippen molar-refractivity contribution in [3.8, 4) is 52.5 Å². The van der Waals surface area contributed by atoms with Crippen LogP contribution in [0, 0.1) is 39.9 Å². The SMILES string of the molecule is CN.COc1ccc(COc2ccccc2-c2ccc(C#N)cn2)cc1.COc1ccc(COc2ccccc2C(CCC(C#N)C#N)N(C)C)cc1. The van der Waals surface area contributed by atoms with Crippen LogP contribution in [0.15, 0.2) is 115 Å². The normalized spacial score (nSPS) is 10.6. The van der Waals surface area contributed by atoms with Gasteiger partial charge in [0.25, 0.3) is 0 Å². The van der Waals surface area contributed by atoms with Gasteiger partial charge in [-0.15, -0.1) is 0 Å². The molecule has 1 aromatic heterocycles. The van der Waals surface area contributed by atoms with E-state index in [0.717, 1.165) is 50.9 Å². The average Bonchev–Trinajstić information content (AvgIpc) is 3.22. The molecule has 0 radical (unpaired) electrons. The quantitative estimate of drug-likeness (QED) is 0.120. The maximum atomic E-state index is 9.03. The summed E-state index contributed by atoms with van der Waals surface area (Å²) in [4.78, 5) is 6.44. The Balaban J connectivity index is 0.000000274. The van der Waals surface area contributed by atoms with Crippen molar-refractivity contribution in [2.75, 3.05) is 35.4 Å². The largest absolute Gasteiger partial charge is 0.497 e. The van der Waals surface area contributed by atoms with Gasteiger partial charge in [-0.2, -0.15) is 15.8 Å². The van der Waals surface area contributed by atoms with E-state index in [4.69, 9.17) is 34.7 Å². The van der Waals surface area contributed by atoms with E-state index < -0.39 is 5.92 Å². The lowest BCUT2D eigenvalue weighted by Gasteiger charge is -2.27. The fraction of sp³-hybridized carbons (Fsp3) is 0.256. The molecule has 10 nitrogen and oxygen atoms in total. The van der Waals surface area contributed by atoms with E-state index >= 15 is 0 Å². The molecule has 1 unspecified atom stereocenters. The number of rotatable bonds is 14. The number of nitrogens with two attached hydrogens (primary N) is 1. The van der Waals surface area contributed by atoms with Crippen molar-refractivity contribution < 1.29 is 18.9 Å². The van der Waals surface area contributed by atoms with E-state index in [1.807, 2.05) is 129 Å². The number of methoxy groups -OCH3 is 2. The van der Waals surface area contributed by atoms with Crippen LogP contribution in [0.5, 0.6) is 23.0 Å². The van der Waals surface area contributed by atoms with Gasteiger partial charge in [-0.1, -0.05) is 54.6 Å². The molecule has 272 valence electrons. The number of hydrogen-bond donors (Lipinski definition) is 1. The number of nitrogens with zero attached hydrogens (tertiary/aromatic N) is 5. The van der Waals surface area contributed by atoms with Gasteiger partial charge in [0.15, 0.2) is 0 Å². The lowest BCUT2D eigenvalue weighted by atomic mass is 9.95. The molecule has 1 atom stereocenters. The van der Waals surface area contributed by atoms with Crippen molar-refractivity contribution >= 4 is 0 Å². The summed E-state index contributed by atoms with van der Waals surface area (Å²) in [6, 6.07) is 41.1. The Morgan fingerprint density at radius 2 is 1.19 bits per heavy atom. The standard InChI is InChI=1S/C22H25N3O2.C20H16N2O2.CH5N/c1-25(2)21(13-10-18(14-23)15-24)20-6-4-5-7-22(20)27-16-17-8-11-19(26-3)12-9-17;1-23-17-9-6-15(7-10-17)14-24-20-5-3-2-4-18(20)19-11-8-16(12-21)13-22-19;1-2/h4-9,11-12,18,21H,10,13,16H2,1-3H3;2-11,13H,14H2,1H3;2H2,1H3. The number of benzene rings is 4. The zero-order valence-corrected chi connectivity index (χ0v) is 30.9. The summed E-state index contributed by atoms with van der Waals surface area (Å²) in [6.45, 7) is 0.914. The summed E-state index contributed by atoms with van der Waals surface area (Å²) < 4.78 is 22.4. The van der Waals surface area contributed by atoms with E-state index in [1.54, 1.807) is 26.5 Å². The lowest BCUT2D eigenvalue weighted by molar-refractivity contribution is 0.253. The molecule has 2 N–H and O–H groups in total. The smallest absolute Gasteiger partial charge is 0.133 e. The zero-order chi connectivity index (χ0) is 38.4. The number of pyridine rings is 1. The van der Waals surface area contributed by atoms with Gasteiger partial charge in [0.05, 0.1) is 37.6 Å². The predicted octanol–water partition coefficient (Wildman–Crippen LogP) is 8.10. The number of nitriles is 3. The first-order valence-corrected chi connectivity index (χ1v) is 17.0. The Hall–Kier alpha value is -6.38. The molecule has 4 aromatic carbocycles. The van der Waals surface area contributed by atoms with Crippen LogP contribution >= 0.6 is 0 Å². The fourth-order valence-corrected chi connectivity index (χ4v) is 5.25. The first kappa shape index (κ1) is 41.0. The van der Waals surface area contributed by atoms with Gasteiger partial charge in [-0.05, 0) is 99.7 Å². The molecule has 0 aliphatic heterocycles. The first-order valence-electron chi connectivity index (χ1n) is 17.0. The highest BCUT2D eigenvalue weighted by atomic mass is 16.5. The van der Waals surface area contributed by atoms with Crippen LogP contribution in [0.1, 0.15) is 41.1 Å². The zero-order valence-electron chi connectivity index (χ0n) is 30.9. The highest BCUT2D eigenvalue weighted by Gasteiger charge is 2.20. The first-order chi connectivity index (χ1) is 25.9. The van der Waals surface area contributed by atoms with Gasteiger partial charge in [-0.3, -0.25) is 4.98 Å². The van der Waals surface area contributed by atoms with E-state index in [9.17, 15) is 0 Å². The van der Waals surface area contributed by atoms with Crippen molar-refractivity contribution in [1.82, 2.24) is 9.88 Å². The Bertz CT molecular complexity index is 1930. The molecule has 5 rings (SSSR count). The molecule has 0 spiro atoms. The summed E-state index contributed by atoms with van der Waals surface area (Å²) in [5.74, 6) is 2.63. The molecule has 0 aliphatic carbocycles. The minimum atomic E-state index is -0.583. The van der Waals surface area contributed by atoms with E-state index in [0.29, 0.717) is 31.6 Å². The van der Waals surface area contributed by atoms with Gasteiger partial charge < -0.3 is 29.6 Å². The third-order valence-electron chi connectivity index (χ3n) is 8.10. The second-order valence-corrected chi connectivity index (χ2v) is 11.7. The van der Waals surface area contributed by atoms with Crippen molar-refractivity contribution in [2.24, 2.45) is 11.7 Å². The fourth-order valence-electron chi connectivity index (χ4n) is 5.25. The van der Waals surface area contributed by atoms with Crippen LogP contribution in [-0.2, 0) is 13.2 Å². The molecule has 0 fully saturated rings. The van der Waals surface area contributed by atoms with Crippen molar-refractivity contribution in [3.63, 3.8) is 0 Å². The van der Waals surface area contributed by atoms with E-state index in [-0.39, 0.29) is 6.04 Å². The van der Waals surface area contributed by atoms with Gasteiger partial charge >= 0.3 is 0 Å². The van der Waals surface area contributed by atoms with Gasteiger partial charge in [0, 0.05) is 23.4 Å². The number of ether oxygens (including phenoxy) is 4. The van der Waals surface area contributed by atoms with Crippen LogP contribution < -0.4 is 24.7 Å². The molecule has 0 saturated carbocycles. The van der Waals surface area contributed by atoms with Crippen molar-refractivity contribution in [3.05, 3.63) is 138 Å². The predicted molar refractivity (Wildman–Crippen MR) is 206 cm³/mol. The molecule has 0 bridgehead atoms. The Morgan fingerprint density at radius 1 is 0.660 bits per heavy atom. The van der Waals surface area contributed by atoms with Crippen LogP contribution in [0.2, 0.25) is 0 Å². The van der Waals surface area contributed by atoms with Crippen LogP contribution in [0.3, 0.4) is 0 Å². The second kappa shape index (κ2) is 22.4. The van der Waals surface area contributed by atoms with Gasteiger partial charge in [-0.25, -0.2) is 0 Å². The number of hydrogen-bond acceptors (Lipinski definition) is 10. The minimum absolute atomic E-state index is 0.0706. The summed E-state index contributed by atoms with van der Waals surface area (Å²) in [5, 5.41) is 26.9. The Kier molecular flexibility index (Phi) is 17.4. The van der Waals surface area contributed by atoms with Crippen LogP contribution in [-0.4, -0.2) is 45.2 Å². The van der Waals surface area contributed by atoms with Gasteiger partial charge in [0.1, 0.15) is 48.2 Å². The summed E-state index contributed by atoms with van der Waals surface area (Å²) >= 11 is 0. The van der Waals surface area contributed by atoms with E-state index in [2.05, 4.69) is 21.7 Å². The number of aromatic nitrogens is 1. The molecule has 1 heterocycles. The Morgan fingerprint density at radius 3 is 1.68 bits per heavy atom. The molecule has 0 amide bonds. The molecule has 0 saturated heterocycles. The molecule has 10 heteroatoms. The molecular formula is C43H46N6O4. The van der Waals surface area contributed by atoms with Crippen LogP contribution in [0.4, 0.5) is 0 Å². The molecule has 0 aliphatic rings. The third kappa shape index (κ3) is 12.7. The van der Waals surface area contributed by atoms with Crippen molar-refractivity contribution in [2.45, 2.75) is 32.1 Å². The molecule has 53 heavy (non-hydrogen) atoms. The summed E-state index contributed by atoms with van der Waals surface area (Å²) in [6.07, 6.45) is 2.81. The van der Waals surface area contributed by atoms with E-state index in [1.165, 1.54) is 7.05 Å². The maximum Gasteiger partial charge on any atom is 0.133 e. The molecule has 5 aromatic rings. The summed E-state index contributed by atoms with van der Waals surface area (Å²) in [7, 11) is 8.79. The number of para-hydroxylation sites is 2. The second-order valence-electron chi connectivity index (χ2n) is 11.7. The molecular weight excluding hydrogens is 665 g/mol. The highest BCUT2D eigenvalue weighted by molar-refractivity contribution is 5.67. The third-order valence-corrected chi connectivity index (χ3v) is 8.10. The van der Waals surface area contributed by atoms with Gasteiger partial charge in [0.2, 0.25) is 0 Å². The van der Waals surface area contributed by atoms with Crippen LogP contribution in [0.25, 0.3) is 11.3 Å².